The molecule has 144 valence electrons. The number of benzene rings is 2. The highest BCUT2D eigenvalue weighted by Crippen LogP contribution is 2.26. The molecule has 0 bridgehead atoms. The average Bonchev–Trinajstić information content (AvgIpc) is 2.69. The van der Waals surface area contributed by atoms with Crippen molar-refractivity contribution in [3.8, 4) is 11.1 Å². The van der Waals surface area contributed by atoms with Crippen LogP contribution in [0.3, 0.4) is 0 Å². The number of rotatable bonds is 6. The van der Waals surface area contributed by atoms with Crippen LogP contribution < -0.4 is 5.32 Å². The van der Waals surface area contributed by atoms with Gasteiger partial charge in [-0.3, -0.25) is 10.1 Å². The van der Waals surface area contributed by atoms with Gasteiger partial charge in [0, 0.05) is 6.54 Å². The predicted molar refractivity (Wildman–Crippen MR) is 106 cm³/mol. The van der Waals surface area contributed by atoms with Crippen molar-refractivity contribution in [2.45, 2.75) is 31.8 Å². The van der Waals surface area contributed by atoms with Crippen LogP contribution in [0.25, 0.3) is 11.1 Å². The predicted octanol–water partition coefficient (Wildman–Crippen LogP) is 2.95. The Morgan fingerprint density at radius 2 is 1.59 bits per heavy atom. The molecule has 1 N–H and O–H groups in total. The summed E-state index contributed by atoms with van der Waals surface area (Å²) < 4.78 is 28.8. The SMILES string of the molecule is CCOC(=O)C1(NCc2ccc(-c3ccccc3)cc2)CCS(=O)(=O)CC1. The first-order valence-electron chi connectivity index (χ1n) is 9.21. The van der Waals surface area contributed by atoms with Gasteiger partial charge in [-0.2, -0.15) is 0 Å². The Morgan fingerprint density at radius 1 is 1.00 bits per heavy atom. The van der Waals surface area contributed by atoms with E-state index in [1.807, 2.05) is 30.3 Å². The molecule has 0 amide bonds. The van der Waals surface area contributed by atoms with Crippen molar-refractivity contribution in [1.82, 2.24) is 5.32 Å². The molecule has 6 heteroatoms. The van der Waals surface area contributed by atoms with Crippen LogP contribution in [0.4, 0.5) is 0 Å². The van der Waals surface area contributed by atoms with Crippen molar-refractivity contribution in [1.29, 1.82) is 0 Å². The quantitative estimate of drug-likeness (QED) is 0.772. The van der Waals surface area contributed by atoms with E-state index in [1.165, 1.54) is 0 Å². The first-order chi connectivity index (χ1) is 12.9. The van der Waals surface area contributed by atoms with Crippen LogP contribution in [-0.4, -0.2) is 38.0 Å². The summed E-state index contributed by atoms with van der Waals surface area (Å²) in [5.41, 5.74) is 2.38. The molecule has 1 saturated heterocycles. The van der Waals surface area contributed by atoms with Crippen molar-refractivity contribution < 1.29 is 17.9 Å². The van der Waals surface area contributed by atoms with Crippen LogP contribution in [0.15, 0.2) is 54.6 Å². The summed E-state index contributed by atoms with van der Waals surface area (Å²) in [6.07, 6.45) is 0.493. The van der Waals surface area contributed by atoms with Crippen LogP contribution >= 0.6 is 0 Å². The average molecular weight is 388 g/mol. The maximum atomic E-state index is 12.5. The molecular weight excluding hydrogens is 362 g/mol. The lowest BCUT2D eigenvalue weighted by Crippen LogP contribution is -2.56. The standard InChI is InChI=1S/C21H25NO4S/c1-2-26-20(23)21(12-14-27(24,25)15-13-21)22-16-17-8-10-19(11-9-17)18-6-4-3-5-7-18/h3-11,22H,2,12-16H2,1H3. The number of esters is 1. The number of sulfone groups is 1. The van der Waals surface area contributed by atoms with Gasteiger partial charge in [-0.25, -0.2) is 8.42 Å². The zero-order valence-corrected chi connectivity index (χ0v) is 16.3. The highest BCUT2D eigenvalue weighted by atomic mass is 32.2. The normalized spacial score (nSPS) is 18.0. The Hall–Kier alpha value is -2.18. The van der Waals surface area contributed by atoms with Crippen molar-refractivity contribution in [2.75, 3.05) is 18.1 Å². The Morgan fingerprint density at radius 3 is 2.19 bits per heavy atom. The third-order valence-corrected chi connectivity index (χ3v) is 6.69. The minimum Gasteiger partial charge on any atom is -0.465 e. The van der Waals surface area contributed by atoms with Crippen molar-refractivity contribution in [3.63, 3.8) is 0 Å². The molecule has 5 nitrogen and oxygen atoms in total. The van der Waals surface area contributed by atoms with Gasteiger partial charge in [0.25, 0.3) is 0 Å². The molecule has 0 aromatic heterocycles. The van der Waals surface area contributed by atoms with Crippen LogP contribution in [0, 0.1) is 0 Å². The lowest BCUT2D eigenvalue weighted by atomic mass is 9.91. The fourth-order valence-corrected chi connectivity index (χ4v) is 4.85. The molecule has 1 heterocycles. The number of nitrogens with one attached hydrogen (secondary N) is 1. The van der Waals surface area contributed by atoms with Crippen molar-refractivity contribution >= 4 is 15.8 Å². The van der Waals surface area contributed by atoms with E-state index in [9.17, 15) is 13.2 Å². The van der Waals surface area contributed by atoms with E-state index in [0.717, 1.165) is 16.7 Å². The van der Waals surface area contributed by atoms with E-state index in [1.54, 1.807) is 6.92 Å². The van der Waals surface area contributed by atoms with Gasteiger partial charge in [0.05, 0.1) is 18.1 Å². The number of ether oxygens (including phenoxy) is 1. The van der Waals surface area contributed by atoms with Gasteiger partial charge in [-0.15, -0.1) is 0 Å². The first-order valence-corrected chi connectivity index (χ1v) is 11.0. The molecule has 2 aromatic carbocycles. The second kappa shape index (κ2) is 8.23. The maximum absolute atomic E-state index is 12.5. The molecule has 0 atom stereocenters. The van der Waals surface area contributed by atoms with E-state index >= 15 is 0 Å². The number of hydrogen-bond acceptors (Lipinski definition) is 5. The molecule has 1 aliphatic heterocycles. The summed E-state index contributed by atoms with van der Waals surface area (Å²) in [4.78, 5) is 12.5. The van der Waals surface area contributed by atoms with E-state index < -0.39 is 15.4 Å². The molecule has 3 rings (SSSR count). The lowest BCUT2D eigenvalue weighted by Gasteiger charge is -2.35. The highest BCUT2D eigenvalue weighted by molar-refractivity contribution is 7.91. The van der Waals surface area contributed by atoms with Gasteiger partial charge in [0.1, 0.15) is 15.4 Å². The molecule has 0 saturated carbocycles. The van der Waals surface area contributed by atoms with Gasteiger partial charge in [-0.1, -0.05) is 54.6 Å². The summed E-state index contributed by atoms with van der Waals surface area (Å²) >= 11 is 0. The van der Waals surface area contributed by atoms with Crippen LogP contribution in [0.2, 0.25) is 0 Å². The van der Waals surface area contributed by atoms with Crippen molar-refractivity contribution in [3.05, 3.63) is 60.2 Å². The minimum absolute atomic E-state index is 0.00571. The van der Waals surface area contributed by atoms with E-state index in [0.29, 0.717) is 6.54 Å². The zero-order valence-electron chi connectivity index (χ0n) is 15.5. The first kappa shape index (κ1) is 19.6. The third kappa shape index (κ3) is 4.76. The fourth-order valence-electron chi connectivity index (χ4n) is 3.33. The Bertz CT molecular complexity index is 862. The summed E-state index contributed by atoms with van der Waals surface area (Å²) in [5, 5.41) is 3.29. The molecule has 0 radical (unpaired) electrons. The van der Waals surface area contributed by atoms with Crippen LogP contribution in [0.1, 0.15) is 25.3 Å². The highest BCUT2D eigenvalue weighted by Gasteiger charge is 2.44. The van der Waals surface area contributed by atoms with Gasteiger partial charge < -0.3 is 4.74 Å². The summed E-state index contributed by atoms with van der Waals surface area (Å²) in [5.74, 6) is -0.349. The smallest absolute Gasteiger partial charge is 0.326 e. The van der Waals surface area contributed by atoms with Gasteiger partial charge >= 0.3 is 5.97 Å². The molecule has 0 spiro atoms. The second-order valence-electron chi connectivity index (χ2n) is 6.87. The van der Waals surface area contributed by atoms with Crippen LogP contribution in [0.5, 0.6) is 0 Å². The summed E-state index contributed by atoms with van der Waals surface area (Å²) in [7, 11) is -3.07. The lowest BCUT2D eigenvalue weighted by molar-refractivity contribution is -0.151. The zero-order chi connectivity index (χ0) is 19.3. The molecule has 0 aliphatic carbocycles. The minimum atomic E-state index is -3.07. The van der Waals surface area contributed by atoms with Crippen LogP contribution in [-0.2, 0) is 25.9 Å². The second-order valence-corrected chi connectivity index (χ2v) is 9.17. The number of carbonyl (C=O) groups is 1. The van der Waals surface area contributed by atoms with Gasteiger partial charge in [-0.05, 0) is 36.5 Å². The topological polar surface area (TPSA) is 72.5 Å². The maximum Gasteiger partial charge on any atom is 0.326 e. The Balaban J connectivity index is 1.71. The van der Waals surface area contributed by atoms with Crippen molar-refractivity contribution in [2.24, 2.45) is 0 Å². The third-order valence-electron chi connectivity index (χ3n) is 5.04. The molecule has 1 fully saturated rings. The van der Waals surface area contributed by atoms with E-state index in [-0.39, 0.29) is 36.9 Å². The summed E-state index contributed by atoms with van der Waals surface area (Å²) in [6, 6.07) is 18.3. The number of hydrogen-bond donors (Lipinski definition) is 1. The molecule has 0 unspecified atom stereocenters. The monoisotopic (exact) mass is 387 g/mol. The molecular formula is C21H25NO4S. The Labute approximate surface area is 160 Å². The molecule has 2 aromatic rings. The van der Waals surface area contributed by atoms with Gasteiger partial charge in [0.15, 0.2) is 0 Å². The number of carbonyl (C=O) groups excluding carboxylic acids is 1. The fraction of sp³-hybridized carbons (Fsp3) is 0.381. The molecule has 1 aliphatic rings. The van der Waals surface area contributed by atoms with E-state index in [4.69, 9.17) is 4.74 Å². The molecule has 27 heavy (non-hydrogen) atoms. The largest absolute Gasteiger partial charge is 0.465 e. The van der Waals surface area contributed by atoms with Gasteiger partial charge in [0.2, 0.25) is 0 Å². The Kier molecular flexibility index (Phi) is 5.97. The summed E-state index contributed by atoms with van der Waals surface area (Å²) in [6.45, 7) is 2.52. The van der Waals surface area contributed by atoms with E-state index in [2.05, 4.69) is 29.6 Å².